The molecule has 1 aromatic carbocycles. The van der Waals surface area contributed by atoms with Gasteiger partial charge in [0.2, 0.25) is 0 Å². The highest BCUT2D eigenvalue weighted by atomic mass is 35.5. The molecule has 2 aromatic rings. The van der Waals surface area contributed by atoms with Crippen LogP contribution in [-0.2, 0) is 6.54 Å². The number of carbonyl (C=O) groups is 1. The van der Waals surface area contributed by atoms with E-state index in [4.69, 9.17) is 11.6 Å². The Bertz CT molecular complexity index is 632. The van der Waals surface area contributed by atoms with Crippen LogP contribution in [0.5, 0.6) is 5.75 Å². The van der Waals surface area contributed by atoms with Crippen molar-refractivity contribution in [1.29, 1.82) is 0 Å². The SMILES string of the molecule is CCn1cc(C(=O)/C=C\c2ccc(O)c(Cl)c2)cn1. The molecule has 1 heterocycles. The summed E-state index contributed by atoms with van der Waals surface area (Å²) in [6, 6.07) is 4.76. The van der Waals surface area contributed by atoms with E-state index in [1.54, 1.807) is 35.3 Å². The molecule has 0 fully saturated rings. The predicted molar refractivity (Wildman–Crippen MR) is 74.4 cm³/mol. The first-order chi connectivity index (χ1) is 9.10. The highest BCUT2D eigenvalue weighted by molar-refractivity contribution is 6.32. The molecule has 4 nitrogen and oxygen atoms in total. The van der Waals surface area contributed by atoms with Gasteiger partial charge in [-0.3, -0.25) is 9.48 Å². The van der Waals surface area contributed by atoms with Crippen molar-refractivity contribution in [2.75, 3.05) is 0 Å². The van der Waals surface area contributed by atoms with Crippen LogP contribution in [0, 0.1) is 0 Å². The lowest BCUT2D eigenvalue weighted by molar-refractivity contribution is 0.104. The van der Waals surface area contributed by atoms with Gasteiger partial charge in [0.15, 0.2) is 5.78 Å². The van der Waals surface area contributed by atoms with Crippen LogP contribution in [0.4, 0.5) is 0 Å². The fourth-order valence-corrected chi connectivity index (χ4v) is 1.75. The van der Waals surface area contributed by atoms with Gasteiger partial charge in [-0.05, 0) is 30.7 Å². The van der Waals surface area contributed by atoms with Crippen LogP contribution in [0.3, 0.4) is 0 Å². The molecular formula is C14H13ClN2O2. The molecule has 0 saturated heterocycles. The smallest absolute Gasteiger partial charge is 0.189 e. The van der Waals surface area contributed by atoms with E-state index in [1.807, 2.05) is 6.92 Å². The van der Waals surface area contributed by atoms with Gasteiger partial charge in [0.1, 0.15) is 5.75 Å². The number of aryl methyl sites for hydroxylation is 1. The van der Waals surface area contributed by atoms with E-state index < -0.39 is 0 Å². The summed E-state index contributed by atoms with van der Waals surface area (Å²) in [4.78, 5) is 11.9. The van der Waals surface area contributed by atoms with Crippen molar-refractivity contribution >= 4 is 23.5 Å². The first-order valence-electron chi connectivity index (χ1n) is 5.83. The summed E-state index contributed by atoms with van der Waals surface area (Å²) in [5, 5.41) is 13.6. The Labute approximate surface area is 115 Å². The molecule has 1 N–H and O–H groups in total. The van der Waals surface area contributed by atoms with E-state index in [1.165, 1.54) is 12.1 Å². The molecule has 0 bridgehead atoms. The number of allylic oxidation sites excluding steroid dienone is 1. The topological polar surface area (TPSA) is 55.1 Å². The number of hydrogen-bond donors (Lipinski definition) is 1. The number of aromatic nitrogens is 2. The first-order valence-corrected chi connectivity index (χ1v) is 6.21. The number of nitrogens with zero attached hydrogens (tertiary/aromatic N) is 2. The van der Waals surface area contributed by atoms with Crippen LogP contribution in [0.15, 0.2) is 36.7 Å². The predicted octanol–water partition coefficient (Wildman–Crippen LogP) is 3.16. The van der Waals surface area contributed by atoms with E-state index >= 15 is 0 Å². The molecule has 98 valence electrons. The quantitative estimate of drug-likeness (QED) is 0.689. The Morgan fingerprint density at radius 3 is 2.95 bits per heavy atom. The summed E-state index contributed by atoms with van der Waals surface area (Å²) in [5.74, 6) is -0.0988. The second kappa shape index (κ2) is 5.71. The average Bonchev–Trinajstić information content (AvgIpc) is 2.88. The molecule has 0 unspecified atom stereocenters. The lowest BCUT2D eigenvalue weighted by Gasteiger charge is -1.97. The van der Waals surface area contributed by atoms with Crippen molar-refractivity contribution in [3.05, 3.63) is 52.8 Å². The zero-order chi connectivity index (χ0) is 13.8. The number of rotatable bonds is 4. The molecule has 5 heteroatoms. The lowest BCUT2D eigenvalue weighted by Crippen LogP contribution is -1.94. The third kappa shape index (κ3) is 3.23. The summed E-state index contributed by atoms with van der Waals surface area (Å²) < 4.78 is 1.69. The summed E-state index contributed by atoms with van der Waals surface area (Å²) in [6.07, 6.45) is 6.35. The van der Waals surface area contributed by atoms with E-state index in [9.17, 15) is 9.90 Å². The molecule has 0 aliphatic carbocycles. The summed E-state index contributed by atoms with van der Waals surface area (Å²) in [7, 11) is 0. The number of carbonyl (C=O) groups excluding carboxylic acids is 1. The second-order valence-corrected chi connectivity index (χ2v) is 4.40. The number of phenols is 1. The van der Waals surface area contributed by atoms with Crippen LogP contribution < -0.4 is 0 Å². The minimum absolute atomic E-state index is 0.0226. The molecule has 0 aliphatic heterocycles. The number of benzene rings is 1. The lowest BCUT2D eigenvalue weighted by atomic mass is 10.1. The highest BCUT2D eigenvalue weighted by Crippen LogP contribution is 2.24. The number of halogens is 1. The fourth-order valence-electron chi connectivity index (χ4n) is 1.56. The largest absolute Gasteiger partial charge is 0.506 e. The van der Waals surface area contributed by atoms with Crippen molar-refractivity contribution in [1.82, 2.24) is 9.78 Å². The molecular weight excluding hydrogens is 264 g/mol. The fraction of sp³-hybridized carbons (Fsp3) is 0.143. The molecule has 0 atom stereocenters. The third-order valence-electron chi connectivity index (χ3n) is 2.64. The van der Waals surface area contributed by atoms with Crippen LogP contribution in [-0.4, -0.2) is 20.7 Å². The number of ketones is 1. The summed E-state index contributed by atoms with van der Waals surface area (Å²) in [5.41, 5.74) is 1.29. The third-order valence-corrected chi connectivity index (χ3v) is 2.94. The molecule has 0 saturated carbocycles. The van der Waals surface area contributed by atoms with Crippen LogP contribution in [0.25, 0.3) is 6.08 Å². The Balaban J connectivity index is 2.13. The van der Waals surface area contributed by atoms with Gasteiger partial charge < -0.3 is 5.11 Å². The Morgan fingerprint density at radius 2 is 2.32 bits per heavy atom. The standard InChI is InChI=1S/C14H13ClN2O2/c1-2-17-9-11(8-16-17)13(18)5-3-10-4-6-14(19)12(15)7-10/h3-9,19H,2H2,1H3/b5-3-. The minimum Gasteiger partial charge on any atom is -0.506 e. The van der Waals surface area contributed by atoms with E-state index in [0.717, 1.165) is 12.1 Å². The Kier molecular flexibility index (Phi) is 4.02. The van der Waals surface area contributed by atoms with E-state index in [-0.39, 0.29) is 16.6 Å². The van der Waals surface area contributed by atoms with E-state index in [0.29, 0.717) is 5.56 Å². The van der Waals surface area contributed by atoms with Crippen molar-refractivity contribution in [3.63, 3.8) is 0 Å². The van der Waals surface area contributed by atoms with E-state index in [2.05, 4.69) is 5.10 Å². The van der Waals surface area contributed by atoms with Gasteiger partial charge >= 0.3 is 0 Å². The number of hydrogen-bond acceptors (Lipinski definition) is 3. The summed E-state index contributed by atoms with van der Waals surface area (Å²) in [6.45, 7) is 2.68. The van der Waals surface area contributed by atoms with Gasteiger partial charge in [-0.15, -0.1) is 0 Å². The molecule has 0 amide bonds. The maximum absolute atomic E-state index is 11.9. The maximum atomic E-state index is 11.9. The zero-order valence-corrected chi connectivity index (χ0v) is 11.1. The van der Waals surface area contributed by atoms with Crippen molar-refractivity contribution in [2.24, 2.45) is 0 Å². The van der Waals surface area contributed by atoms with Crippen molar-refractivity contribution in [3.8, 4) is 5.75 Å². The Morgan fingerprint density at radius 1 is 1.53 bits per heavy atom. The van der Waals surface area contributed by atoms with Gasteiger partial charge in [-0.25, -0.2) is 0 Å². The van der Waals surface area contributed by atoms with Gasteiger partial charge in [-0.2, -0.15) is 5.10 Å². The number of phenolic OH excluding ortho intramolecular Hbond substituents is 1. The van der Waals surface area contributed by atoms with Crippen LogP contribution in [0.1, 0.15) is 22.8 Å². The average molecular weight is 277 g/mol. The monoisotopic (exact) mass is 276 g/mol. The van der Waals surface area contributed by atoms with Gasteiger partial charge in [0, 0.05) is 12.7 Å². The second-order valence-electron chi connectivity index (χ2n) is 3.99. The maximum Gasteiger partial charge on any atom is 0.189 e. The van der Waals surface area contributed by atoms with Gasteiger partial charge in [-0.1, -0.05) is 23.7 Å². The highest BCUT2D eigenvalue weighted by Gasteiger charge is 2.04. The minimum atomic E-state index is -0.121. The number of aromatic hydroxyl groups is 1. The zero-order valence-electron chi connectivity index (χ0n) is 10.4. The molecule has 0 spiro atoms. The summed E-state index contributed by atoms with van der Waals surface area (Å²) >= 11 is 5.79. The molecule has 0 radical (unpaired) electrons. The molecule has 1 aromatic heterocycles. The van der Waals surface area contributed by atoms with Gasteiger partial charge in [0.05, 0.1) is 16.8 Å². The molecule has 19 heavy (non-hydrogen) atoms. The van der Waals surface area contributed by atoms with Crippen LogP contribution >= 0.6 is 11.6 Å². The van der Waals surface area contributed by atoms with Crippen LogP contribution in [0.2, 0.25) is 5.02 Å². The first kappa shape index (κ1) is 13.4. The molecule has 0 aliphatic rings. The normalized spacial score (nSPS) is 11.1. The Hall–Kier alpha value is -2.07. The van der Waals surface area contributed by atoms with Gasteiger partial charge in [0.25, 0.3) is 0 Å². The van der Waals surface area contributed by atoms with Crippen molar-refractivity contribution < 1.29 is 9.90 Å². The van der Waals surface area contributed by atoms with Crippen molar-refractivity contribution in [2.45, 2.75) is 13.5 Å². The molecule has 2 rings (SSSR count).